The molecule has 0 amide bonds. The lowest BCUT2D eigenvalue weighted by Crippen LogP contribution is -1.93. The van der Waals surface area contributed by atoms with E-state index < -0.39 is 0 Å². The van der Waals surface area contributed by atoms with Crippen molar-refractivity contribution in [2.75, 3.05) is 6.61 Å². The molecule has 0 unspecified atom stereocenters. The molecule has 90 valence electrons. The van der Waals surface area contributed by atoms with Crippen LogP contribution < -0.4 is 0 Å². The summed E-state index contributed by atoms with van der Waals surface area (Å²) in [5, 5.41) is 16.6. The third kappa shape index (κ3) is 2.91. The molecule has 0 aliphatic rings. The SMILES string of the molecule is Cc1ccc(C)c(Cc2nnc(CCO)o2)c1. The van der Waals surface area contributed by atoms with E-state index in [9.17, 15) is 0 Å². The molecule has 0 spiro atoms. The number of hydrogen-bond donors (Lipinski definition) is 1. The van der Waals surface area contributed by atoms with Crippen LogP contribution in [0.15, 0.2) is 22.6 Å². The summed E-state index contributed by atoms with van der Waals surface area (Å²) in [7, 11) is 0. The van der Waals surface area contributed by atoms with Gasteiger partial charge in [0, 0.05) is 6.42 Å². The van der Waals surface area contributed by atoms with E-state index >= 15 is 0 Å². The van der Waals surface area contributed by atoms with E-state index in [-0.39, 0.29) is 6.61 Å². The molecule has 0 radical (unpaired) electrons. The molecule has 17 heavy (non-hydrogen) atoms. The standard InChI is InChI=1S/C13H16N2O2/c1-9-3-4-10(2)11(7-9)8-13-15-14-12(17-13)5-6-16/h3-4,7,16H,5-6,8H2,1-2H3. The number of benzene rings is 1. The van der Waals surface area contributed by atoms with Crippen molar-refractivity contribution >= 4 is 0 Å². The Bertz CT molecular complexity index is 506. The lowest BCUT2D eigenvalue weighted by molar-refractivity contribution is 0.283. The van der Waals surface area contributed by atoms with Crippen molar-refractivity contribution in [2.24, 2.45) is 0 Å². The van der Waals surface area contributed by atoms with Crippen LogP contribution in [0.3, 0.4) is 0 Å². The predicted molar refractivity (Wildman–Crippen MR) is 63.8 cm³/mol. The lowest BCUT2D eigenvalue weighted by atomic mass is 10.0. The van der Waals surface area contributed by atoms with Gasteiger partial charge in [-0.2, -0.15) is 0 Å². The van der Waals surface area contributed by atoms with Gasteiger partial charge in [0.25, 0.3) is 0 Å². The maximum atomic E-state index is 8.77. The zero-order chi connectivity index (χ0) is 12.3. The number of aliphatic hydroxyl groups is 1. The van der Waals surface area contributed by atoms with Crippen molar-refractivity contribution in [1.29, 1.82) is 0 Å². The Morgan fingerprint density at radius 3 is 2.71 bits per heavy atom. The third-order valence-corrected chi connectivity index (χ3v) is 2.68. The summed E-state index contributed by atoms with van der Waals surface area (Å²) in [6, 6.07) is 6.31. The van der Waals surface area contributed by atoms with Crippen LogP contribution >= 0.6 is 0 Å². The summed E-state index contributed by atoms with van der Waals surface area (Å²) < 4.78 is 5.44. The molecule has 1 N–H and O–H groups in total. The summed E-state index contributed by atoms with van der Waals surface area (Å²) in [6.45, 7) is 4.17. The number of nitrogens with zero attached hydrogens (tertiary/aromatic N) is 2. The van der Waals surface area contributed by atoms with Crippen molar-refractivity contribution in [3.63, 3.8) is 0 Å². The minimum Gasteiger partial charge on any atom is -0.425 e. The van der Waals surface area contributed by atoms with Crippen molar-refractivity contribution < 1.29 is 9.52 Å². The molecule has 1 heterocycles. The molecule has 1 aromatic carbocycles. The maximum Gasteiger partial charge on any atom is 0.220 e. The molecule has 0 aliphatic carbocycles. The summed E-state index contributed by atoms with van der Waals surface area (Å²) in [6.07, 6.45) is 1.06. The average Bonchev–Trinajstić information content (AvgIpc) is 2.72. The molecule has 1 aromatic heterocycles. The van der Waals surface area contributed by atoms with E-state index in [2.05, 4.69) is 42.2 Å². The smallest absolute Gasteiger partial charge is 0.220 e. The predicted octanol–water partition coefficient (Wildman–Crippen LogP) is 1.81. The molecule has 0 atom stereocenters. The number of hydrogen-bond acceptors (Lipinski definition) is 4. The van der Waals surface area contributed by atoms with Crippen LogP contribution in [0.1, 0.15) is 28.5 Å². The molecule has 0 aliphatic heterocycles. The molecule has 0 saturated heterocycles. The largest absolute Gasteiger partial charge is 0.425 e. The highest BCUT2D eigenvalue weighted by molar-refractivity contribution is 5.32. The van der Waals surface area contributed by atoms with Crippen LogP contribution in [-0.2, 0) is 12.8 Å². The van der Waals surface area contributed by atoms with E-state index in [1.54, 1.807) is 0 Å². The first-order valence-electron chi connectivity index (χ1n) is 5.67. The van der Waals surface area contributed by atoms with Crippen LogP contribution in [0.5, 0.6) is 0 Å². The van der Waals surface area contributed by atoms with Gasteiger partial charge in [0.2, 0.25) is 11.8 Å². The summed E-state index contributed by atoms with van der Waals surface area (Å²) >= 11 is 0. The Balaban J connectivity index is 2.16. The number of aromatic nitrogens is 2. The fraction of sp³-hybridized carbons (Fsp3) is 0.385. The average molecular weight is 232 g/mol. The molecular weight excluding hydrogens is 216 g/mol. The van der Waals surface area contributed by atoms with Crippen molar-refractivity contribution in [3.8, 4) is 0 Å². The molecule has 2 rings (SSSR count). The van der Waals surface area contributed by atoms with Crippen LogP contribution in [-0.4, -0.2) is 21.9 Å². The van der Waals surface area contributed by atoms with Gasteiger partial charge < -0.3 is 9.52 Å². The second-order valence-electron chi connectivity index (χ2n) is 4.17. The van der Waals surface area contributed by atoms with E-state index in [4.69, 9.17) is 9.52 Å². The summed E-state index contributed by atoms with van der Waals surface area (Å²) in [5.41, 5.74) is 3.64. The van der Waals surface area contributed by atoms with Crippen molar-refractivity contribution in [3.05, 3.63) is 46.7 Å². The Kier molecular flexibility index (Phi) is 3.54. The minimum absolute atomic E-state index is 0.0328. The zero-order valence-corrected chi connectivity index (χ0v) is 10.1. The molecule has 0 fully saturated rings. The third-order valence-electron chi connectivity index (χ3n) is 2.68. The fourth-order valence-corrected chi connectivity index (χ4v) is 1.71. The maximum absolute atomic E-state index is 8.77. The second-order valence-corrected chi connectivity index (χ2v) is 4.17. The van der Waals surface area contributed by atoms with Gasteiger partial charge in [-0.3, -0.25) is 0 Å². The van der Waals surface area contributed by atoms with Crippen LogP contribution in [0.2, 0.25) is 0 Å². The van der Waals surface area contributed by atoms with Crippen LogP contribution in [0.4, 0.5) is 0 Å². The van der Waals surface area contributed by atoms with Crippen molar-refractivity contribution in [2.45, 2.75) is 26.7 Å². The molecular formula is C13H16N2O2. The number of rotatable bonds is 4. The van der Waals surface area contributed by atoms with E-state index in [0.29, 0.717) is 24.6 Å². The normalized spacial score (nSPS) is 10.8. The summed E-state index contributed by atoms with van der Waals surface area (Å²) in [5.74, 6) is 1.09. The van der Waals surface area contributed by atoms with Gasteiger partial charge in [0.05, 0.1) is 13.0 Å². The van der Waals surface area contributed by atoms with Gasteiger partial charge >= 0.3 is 0 Å². The van der Waals surface area contributed by atoms with Gasteiger partial charge in [0.1, 0.15) is 0 Å². The molecule has 0 bridgehead atoms. The topological polar surface area (TPSA) is 59.2 Å². The minimum atomic E-state index is 0.0328. The monoisotopic (exact) mass is 232 g/mol. The van der Waals surface area contributed by atoms with Gasteiger partial charge in [-0.25, -0.2) is 0 Å². The zero-order valence-electron chi connectivity index (χ0n) is 10.1. The second kappa shape index (κ2) is 5.10. The Hall–Kier alpha value is -1.68. The number of aryl methyl sites for hydroxylation is 2. The van der Waals surface area contributed by atoms with Crippen LogP contribution in [0, 0.1) is 13.8 Å². The first-order valence-corrected chi connectivity index (χ1v) is 5.67. The Morgan fingerprint density at radius 2 is 1.94 bits per heavy atom. The van der Waals surface area contributed by atoms with Crippen molar-refractivity contribution in [1.82, 2.24) is 10.2 Å². The van der Waals surface area contributed by atoms with Gasteiger partial charge in [0.15, 0.2) is 0 Å². The molecule has 4 nitrogen and oxygen atoms in total. The van der Waals surface area contributed by atoms with Gasteiger partial charge in [-0.1, -0.05) is 23.8 Å². The lowest BCUT2D eigenvalue weighted by Gasteiger charge is -2.03. The molecule has 4 heteroatoms. The van der Waals surface area contributed by atoms with E-state index in [0.717, 1.165) is 0 Å². The van der Waals surface area contributed by atoms with E-state index in [1.807, 2.05) is 0 Å². The Morgan fingerprint density at radius 1 is 1.18 bits per heavy atom. The van der Waals surface area contributed by atoms with Gasteiger partial charge in [-0.15, -0.1) is 10.2 Å². The fourth-order valence-electron chi connectivity index (χ4n) is 1.71. The quantitative estimate of drug-likeness (QED) is 0.873. The first-order chi connectivity index (χ1) is 8.19. The van der Waals surface area contributed by atoms with Crippen LogP contribution in [0.25, 0.3) is 0 Å². The number of aliphatic hydroxyl groups excluding tert-OH is 1. The Labute approximate surface area is 100 Å². The first kappa shape index (κ1) is 11.8. The summed E-state index contributed by atoms with van der Waals surface area (Å²) in [4.78, 5) is 0. The molecule has 2 aromatic rings. The highest BCUT2D eigenvalue weighted by Gasteiger charge is 2.08. The highest BCUT2D eigenvalue weighted by atomic mass is 16.4. The van der Waals surface area contributed by atoms with Gasteiger partial charge in [-0.05, 0) is 25.0 Å². The van der Waals surface area contributed by atoms with E-state index in [1.165, 1.54) is 16.7 Å². The molecule has 0 saturated carbocycles. The highest BCUT2D eigenvalue weighted by Crippen LogP contribution is 2.15.